The minimum Gasteiger partial charge on any atom is -0.495 e. The molecular weight excluding hydrogens is 256 g/mol. The minimum absolute atomic E-state index is 0.101. The van der Waals surface area contributed by atoms with Crippen LogP contribution in [0.5, 0.6) is 5.75 Å². The zero-order valence-corrected chi connectivity index (χ0v) is 11.5. The molecule has 0 spiro atoms. The van der Waals surface area contributed by atoms with Crippen molar-refractivity contribution in [2.24, 2.45) is 0 Å². The second-order valence-electron chi connectivity index (χ2n) is 3.88. The number of nitrogen functional groups attached to an aromatic ring is 1. The summed E-state index contributed by atoms with van der Waals surface area (Å²) in [6, 6.07) is 4.01. The summed E-state index contributed by atoms with van der Waals surface area (Å²) < 4.78 is 36.3. The van der Waals surface area contributed by atoms with Gasteiger partial charge in [0, 0.05) is 13.2 Å². The van der Waals surface area contributed by atoms with Crippen molar-refractivity contribution in [3.63, 3.8) is 0 Å². The van der Waals surface area contributed by atoms with Crippen LogP contribution in [0.1, 0.15) is 6.92 Å². The van der Waals surface area contributed by atoms with Crippen LogP contribution in [0.4, 0.5) is 5.69 Å². The number of hydrogen-bond acceptors (Lipinski definition) is 5. The van der Waals surface area contributed by atoms with Crippen LogP contribution in [0, 0.1) is 0 Å². The molecule has 0 fully saturated rings. The maximum Gasteiger partial charge on any atom is 0.240 e. The summed E-state index contributed by atoms with van der Waals surface area (Å²) in [4.78, 5) is 0.101. The number of sulfonamides is 1. The van der Waals surface area contributed by atoms with Crippen molar-refractivity contribution >= 4 is 15.7 Å². The first-order chi connectivity index (χ1) is 8.40. The van der Waals surface area contributed by atoms with Gasteiger partial charge in [-0.05, 0) is 25.1 Å². The molecule has 0 radical (unpaired) electrons. The van der Waals surface area contributed by atoms with Crippen molar-refractivity contribution in [2.45, 2.75) is 17.9 Å². The van der Waals surface area contributed by atoms with E-state index in [1.54, 1.807) is 6.92 Å². The van der Waals surface area contributed by atoms with E-state index in [0.29, 0.717) is 12.4 Å². The highest BCUT2D eigenvalue weighted by Gasteiger charge is 2.18. The van der Waals surface area contributed by atoms with E-state index >= 15 is 0 Å². The molecule has 0 aromatic heterocycles. The van der Waals surface area contributed by atoms with Crippen molar-refractivity contribution in [1.29, 1.82) is 0 Å². The van der Waals surface area contributed by atoms with Crippen molar-refractivity contribution in [2.75, 3.05) is 26.6 Å². The van der Waals surface area contributed by atoms with E-state index in [1.807, 2.05) is 0 Å². The topological polar surface area (TPSA) is 90.6 Å². The highest BCUT2D eigenvalue weighted by molar-refractivity contribution is 7.89. The molecular formula is C11H18N2O4S. The lowest BCUT2D eigenvalue weighted by molar-refractivity contribution is 0.180. The Morgan fingerprint density at radius 1 is 1.39 bits per heavy atom. The maximum absolute atomic E-state index is 12.0. The van der Waals surface area contributed by atoms with Crippen LogP contribution in [-0.4, -0.2) is 35.3 Å². The molecule has 3 N–H and O–H groups in total. The second-order valence-corrected chi connectivity index (χ2v) is 5.60. The molecule has 18 heavy (non-hydrogen) atoms. The minimum atomic E-state index is -3.59. The molecule has 0 aliphatic rings. The van der Waals surface area contributed by atoms with Crippen molar-refractivity contribution in [3.05, 3.63) is 18.2 Å². The fourth-order valence-electron chi connectivity index (χ4n) is 1.50. The summed E-state index contributed by atoms with van der Waals surface area (Å²) in [5.41, 5.74) is 5.95. The first-order valence-electron chi connectivity index (χ1n) is 5.35. The smallest absolute Gasteiger partial charge is 0.240 e. The van der Waals surface area contributed by atoms with Gasteiger partial charge >= 0.3 is 0 Å². The average molecular weight is 274 g/mol. The van der Waals surface area contributed by atoms with E-state index in [2.05, 4.69) is 4.72 Å². The molecule has 0 heterocycles. The Bertz CT molecular complexity index is 502. The number of hydrogen-bond donors (Lipinski definition) is 2. The Hall–Kier alpha value is -1.31. The molecule has 0 saturated heterocycles. The van der Waals surface area contributed by atoms with Gasteiger partial charge in [0.15, 0.2) is 0 Å². The molecule has 1 atom stereocenters. The van der Waals surface area contributed by atoms with E-state index in [1.165, 1.54) is 32.4 Å². The number of benzene rings is 1. The number of nitrogens with one attached hydrogen (secondary N) is 1. The zero-order chi connectivity index (χ0) is 13.8. The lowest BCUT2D eigenvalue weighted by Gasteiger charge is -2.14. The van der Waals surface area contributed by atoms with Crippen LogP contribution in [0.2, 0.25) is 0 Å². The van der Waals surface area contributed by atoms with E-state index in [9.17, 15) is 8.42 Å². The molecule has 1 unspecified atom stereocenters. The summed E-state index contributed by atoms with van der Waals surface area (Å²) in [5.74, 6) is 0.443. The lowest BCUT2D eigenvalue weighted by Crippen LogP contribution is -2.35. The molecule has 0 saturated carbocycles. The molecule has 0 aliphatic heterocycles. The Morgan fingerprint density at radius 3 is 2.56 bits per heavy atom. The van der Waals surface area contributed by atoms with E-state index in [0.717, 1.165) is 0 Å². The van der Waals surface area contributed by atoms with Gasteiger partial charge in [-0.15, -0.1) is 0 Å². The number of anilines is 1. The van der Waals surface area contributed by atoms with Crippen molar-refractivity contribution < 1.29 is 17.9 Å². The van der Waals surface area contributed by atoms with Gasteiger partial charge in [0.25, 0.3) is 0 Å². The predicted molar refractivity (Wildman–Crippen MR) is 69.1 cm³/mol. The third kappa shape index (κ3) is 3.59. The largest absolute Gasteiger partial charge is 0.495 e. The molecule has 1 aromatic carbocycles. The fraction of sp³-hybridized carbons (Fsp3) is 0.455. The molecule has 7 heteroatoms. The molecule has 1 rings (SSSR count). The van der Waals surface area contributed by atoms with Crippen molar-refractivity contribution in [1.82, 2.24) is 4.72 Å². The molecule has 6 nitrogen and oxygen atoms in total. The summed E-state index contributed by atoms with van der Waals surface area (Å²) in [6.07, 6.45) is 0. The van der Waals surface area contributed by atoms with E-state index < -0.39 is 10.0 Å². The van der Waals surface area contributed by atoms with Gasteiger partial charge in [0.05, 0.1) is 24.3 Å². The van der Waals surface area contributed by atoms with E-state index in [4.69, 9.17) is 15.2 Å². The Labute approximate surface area is 107 Å². The first-order valence-corrected chi connectivity index (χ1v) is 6.84. The van der Waals surface area contributed by atoms with Crippen LogP contribution in [0.25, 0.3) is 0 Å². The molecule has 0 amide bonds. The maximum atomic E-state index is 12.0. The van der Waals surface area contributed by atoms with Gasteiger partial charge in [-0.1, -0.05) is 0 Å². The normalized spacial score (nSPS) is 13.3. The second kappa shape index (κ2) is 6.03. The Balaban J connectivity index is 2.95. The van der Waals surface area contributed by atoms with Crippen LogP contribution in [0.3, 0.4) is 0 Å². The summed E-state index contributed by atoms with van der Waals surface area (Å²) in [6.45, 7) is 2.01. The number of methoxy groups -OCH3 is 2. The van der Waals surface area contributed by atoms with Crippen LogP contribution >= 0.6 is 0 Å². The summed E-state index contributed by atoms with van der Waals surface area (Å²) in [7, 11) is -0.614. The Morgan fingerprint density at radius 2 is 2.06 bits per heavy atom. The standard InChI is InChI=1S/C11H18N2O4S/c1-8(7-16-2)13-18(14,15)9-4-5-11(17-3)10(12)6-9/h4-6,8,13H,7,12H2,1-3H3. The first kappa shape index (κ1) is 14.7. The number of nitrogens with two attached hydrogens (primary N) is 1. The summed E-state index contributed by atoms with van der Waals surface area (Å²) in [5, 5.41) is 0. The lowest BCUT2D eigenvalue weighted by atomic mass is 10.3. The summed E-state index contributed by atoms with van der Waals surface area (Å²) >= 11 is 0. The SMILES string of the molecule is COCC(C)NS(=O)(=O)c1ccc(OC)c(N)c1. The number of ether oxygens (including phenoxy) is 2. The quantitative estimate of drug-likeness (QED) is 0.741. The third-order valence-corrected chi connectivity index (χ3v) is 3.87. The molecule has 102 valence electrons. The Kier molecular flexibility index (Phi) is 4.94. The highest BCUT2D eigenvalue weighted by atomic mass is 32.2. The van der Waals surface area contributed by atoms with Crippen LogP contribution < -0.4 is 15.2 Å². The van der Waals surface area contributed by atoms with Gasteiger partial charge < -0.3 is 15.2 Å². The van der Waals surface area contributed by atoms with Crippen molar-refractivity contribution in [3.8, 4) is 5.75 Å². The monoisotopic (exact) mass is 274 g/mol. The molecule has 0 bridgehead atoms. The van der Waals surface area contributed by atoms with Gasteiger partial charge in [-0.3, -0.25) is 0 Å². The molecule has 1 aromatic rings. The fourth-order valence-corrected chi connectivity index (χ4v) is 2.76. The zero-order valence-electron chi connectivity index (χ0n) is 10.6. The number of rotatable bonds is 6. The van der Waals surface area contributed by atoms with Crippen LogP contribution in [0.15, 0.2) is 23.1 Å². The predicted octanol–water partition coefficient (Wildman–Crippen LogP) is 0.591. The third-order valence-electron chi connectivity index (χ3n) is 2.28. The molecule has 0 aliphatic carbocycles. The van der Waals surface area contributed by atoms with Gasteiger partial charge in [0.2, 0.25) is 10.0 Å². The highest BCUT2D eigenvalue weighted by Crippen LogP contribution is 2.24. The van der Waals surface area contributed by atoms with E-state index in [-0.39, 0.29) is 16.6 Å². The van der Waals surface area contributed by atoms with Gasteiger partial charge in [-0.2, -0.15) is 0 Å². The van der Waals surface area contributed by atoms with Gasteiger partial charge in [0.1, 0.15) is 5.75 Å². The van der Waals surface area contributed by atoms with Gasteiger partial charge in [-0.25, -0.2) is 13.1 Å². The average Bonchev–Trinajstić information content (AvgIpc) is 2.28. The van der Waals surface area contributed by atoms with Crippen LogP contribution in [-0.2, 0) is 14.8 Å².